The van der Waals surface area contributed by atoms with E-state index in [0.29, 0.717) is 24.2 Å². The molecule has 58 heavy (non-hydrogen) atoms. The lowest BCUT2D eigenvalue weighted by Crippen LogP contribution is -2.57. The summed E-state index contributed by atoms with van der Waals surface area (Å²) in [5.74, 6) is -2.30. The molecule has 2 unspecified atom stereocenters. The van der Waals surface area contributed by atoms with Crippen LogP contribution >= 0.6 is 11.3 Å². The number of thiazole rings is 1. The Morgan fingerprint density at radius 2 is 1.60 bits per heavy atom. The second kappa shape index (κ2) is 14.6. The van der Waals surface area contributed by atoms with E-state index < -0.39 is 75.1 Å². The number of carbonyl (C=O) groups is 2. The minimum Gasteiger partial charge on any atom is -0.461 e. The van der Waals surface area contributed by atoms with E-state index in [1.54, 1.807) is 70.2 Å². The van der Waals surface area contributed by atoms with E-state index in [0.717, 1.165) is 18.2 Å². The first-order valence-corrected chi connectivity index (χ1v) is 19.7. The Bertz CT molecular complexity index is 2260. The van der Waals surface area contributed by atoms with Crippen LogP contribution in [0.1, 0.15) is 73.3 Å². The molecule has 2 bridgehead atoms. The monoisotopic (exact) mass is 837 g/mol. The van der Waals surface area contributed by atoms with Gasteiger partial charge in [0.25, 0.3) is 0 Å². The van der Waals surface area contributed by atoms with Crippen molar-refractivity contribution in [2.75, 3.05) is 43.5 Å². The smallest absolute Gasteiger partial charge is 0.417 e. The number of piperazine rings is 1. The summed E-state index contributed by atoms with van der Waals surface area (Å²) in [6.45, 7) is 12.2. The van der Waals surface area contributed by atoms with Crippen molar-refractivity contribution in [3.63, 3.8) is 0 Å². The maximum absolute atomic E-state index is 17.3. The molecule has 3 saturated heterocycles. The van der Waals surface area contributed by atoms with Crippen molar-refractivity contribution in [1.29, 1.82) is 0 Å². The predicted octanol–water partition coefficient (Wildman–Crippen LogP) is 8.95. The molecule has 3 aliphatic rings. The number of nitrogens with one attached hydrogen (secondary N) is 1. The highest BCUT2D eigenvalue weighted by Crippen LogP contribution is 2.47. The second-order valence-electron chi connectivity index (χ2n) is 17.4. The van der Waals surface area contributed by atoms with Gasteiger partial charge in [-0.1, -0.05) is 11.3 Å². The van der Waals surface area contributed by atoms with E-state index in [1.165, 1.54) is 0 Å². The molecule has 2 aromatic heterocycles. The molecule has 3 aliphatic heterocycles. The van der Waals surface area contributed by atoms with Gasteiger partial charge in [0, 0.05) is 42.6 Å². The third-order valence-electron chi connectivity index (χ3n) is 10.5. The minimum atomic E-state index is -5.15. The van der Waals surface area contributed by atoms with E-state index >= 15 is 22.0 Å². The van der Waals surface area contributed by atoms with Crippen molar-refractivity contribution in [2.24, 2.45) is 0 Å². The van der Waals surface area contributed by atoms with Gasteiger partial charge < -0.3 is 19.1 Å². The van der Waals surface area contributed by atoms with Crippen molar-refractivity contribution >= 4 is 55.6 Å². The quantitative estimate of drug-likeness (QED) is 0.189. The van der Waals surface area contributed by atoms with Crippen LogP contribution in [-0.4, -0.2) is 105 Å². The number of nitrogens with zero attached hydrogens (tertiary/aromatic N) is 6. The third kappa shape index (κ3) is 8.15. The SMILES string of the molecule is CN1C[C@H](F)C[C@]1(C)COc1nc(N2CC3CCC(C2)N3C(=O)OC(C)(C)C)c2cc(C(F)(F)F)c(-c3ccc(F)c4sc(NC(=O)OC(C)(C)C)nc34)c(F)c2n1. The van der Waals surface area contributed by atoms with Gasteiger partial charge >= 0.3 is 24.4 Å². The Morgan fingerprint density at radius 1 is 0.948 bits per heavy atom. The number of likely N-dealkylation sites (N-methyl/N-ethyl adjacent to an activating group) is 1. The lowest BCUT2D eigenvalue weighted by molar-refractivity contribution is -0.137. The normalized spacial score (nSPS) is 22.9. The maximum atomic E-state index is 17.3. The Hall–Kier alpha value is -4.65. The Kier molecular flexibility index (Phi) is 10.4. The number of hydrogen-bond donors (Lipinski definition) is 1. The first-order valence-electron chi connectivity index (χ1n) is 18.9. The fourth-order valence-corrected chi connectivity index (χ4v) is 8.78. The van der Waals surface area contributed by atoms with E-state index in [-0.39, 0.29) is 77.3 Å². The summed E-state index contributed by atoms with van der Waals surface area (Å²) in [5, 5.41) is 1.91. The molecule has 1 N–H and O–H groups in total. The highest BCUT2D eigenvalue weighted by Gasteiger charge is 2.46. The van der Waals surface area contributed by atoms with E-state index in [1.807, 2.05) is 0 Å². The van der Waals surface area contributed by atoms with Crippen molar-refractivity contribution in [3.05, 3.63) is 35.4 Å². The number of ether oxygens (including phenoxy) is 3. The van der Waals surface area contributed by atoms with Crippen molar-refractivity contribution in [2.45, 2.75) is 109 Å². The Balaban J connectivity index is 1.37. The van der Waals surface area contributed by atoms with Crippen LogP contribution in [0.2, 0.25) is 0 Å². The lowest BCUT2D eigenvalue weighted by atomic mass is 9.95. The van der Waals surface area contributed by atoms with Gasteiger partial charge in [0.2, 0.25) is 0 Å². The van der Waals surface area contributed by atoms with Gasteiger partial charge in [-0.2, -0.15) is 23.1 Å². The molecule has 7 rings (SSSR count). The van der Waals surface area contributed by atoms with Gasteiger partial charge in [-0.3, -0.25) is 15.1 Å². The number of rotatable bonds is 6. The molecule has 0 aliphatic carbocycles. The van der Waals surface area contributed by atoms with Gasteiger partial charge in [-0.15, -0.1) is 0 Å². The molecule has 0 saturated carbocycles. The summed E-state index contributed by atoms with van der Waals surface area (Å²) in [7, 11) is 1.73. The lowest BCUT2D eigenvalue weighted by Gasteiger charge is -2.42. The molecule has 4 atom stereocenters. The number of anilines is 2. The fraction of sp³-hybridized carbons (Fsp3) is 0.564. The zero-order chi connectivity index (χ0) is 42.3. The molecule has 314 valence electrons. The van der Waals surface area contributed by atoms with Crippen LogP contribution in [0.3, 0.4) is 0 Å². The number of benzene rings is 2. The summed E-state index contributed by atoms with van der Waals surface area (Å²) in [4.78, 5) is 44.0. The zero-order valence-electron chi connectivity index (χ0n) is 33.3. The van der Waals surface area contributed by atoms with Crippen LogP contribution in [0.5, 0.6) is 6.01 Å². The third-order valence-corrected chi connectivity index (χ3v) is 11.5. The molecule has 2 aromatic carbocycles. The maximum Gasteiger partial charge on any atom is 0.417 e. The topological polar surface area (TPSA) is 122 Å². The Morgan fingerprint density at radius 3 is 2.19 bits per heavy atom. The number of likely N-dealkylation sites (tertiary alicyclic amines) is 1. The first-order chi connectivity index (χ1) is 26.9. The number of aromatic nitrogens is 3. The van der Waals surface area contributed by atoms with Crippen molar-refractivity contribution in [3.8, 4) is 17.1 Å². The summed E-state index contributed by atoms with van der Waals surface area (Å²) in [5.41, 5.74) is -6.07. The van der Waals surface area contributed by atoms with Crippen LogP contribution in [0, 0.1) is 11.6 Å². The zero-order valence-corrected chi connectivity index (χ0v) is 34.1. The number of amides is 2. The second-order valence-corrected chi connectivity index (χ2v) is 18.4. The number of alkyl halides is 4. The highest BCUT2D eigenvalue weighted by molar-refractivity contribution is 7.22. The van der Waals surface area contributed by atoms with Crippen LogP contribution in [-0.2, 0) is 15.7 Å². The van der Waals surface area contributed by atoms with Gasteiger partial charge in [0.1, 0.15) is 41.1 Å². The van der Waals surface area contributed by atoms with Crippen LogP contribution in [0.15, 0.2) is 18.2 Å². The van der Waals surface area contributed by atoms with E-state index in [2.05, 4.69) is 20.3 Å². The molecule has 0 radical (unpaired) electrons. The largest absolute Gasteiger partial charge is 0.461 e. The first kappa shape index (κ1) is 41.5. The number of carbonyl (C=O) groups excluding carboxylic acids is 2. The number of hydrogen-bond acceptors (Lipinski definition) is 11. The van der Waals surface area contributed by atoms with E-state index in [4.69, 9.17) is 14.2 Å². The van der Waals surface area contributed by atoms with Crippen molar-refractivity contribution < 1.29 is 50.1 Å². The van der Waals surface area contributed by atoms with Crippen LogP contribution in [0.25, 0.3) is 32.2 Å². The summed E-state index contributed by atoms with van der Waals surface area (Å²) in [6.07, 6.45) is -6.40. The van der Waals surface area contributed by atoms with Crippen molar-refractivity contribution in [1.82, 2.24) is 24.8 Å². The average Bonchev–Trinajstić information content (AvgIpc) is 3.71. The fourth-order valence-electron chi connectivity index (χ4n) is 7.90. The molecule has 5 heterocycles. The molecular formula is C39H45F6N7O5S. The molecular weight excluding hydrogens is 793 g/mol. The number of halogens is 6. The molecule has 19 heteroatoms. The van der Waals surface area contributed by atoms with Crippen LogP contribution < -0.4 is 15.0 Å². The number of fused-ring (bicyclic) bond motifs is 4. The molecule has 0 spiro atoms. The average molecular weight is 838 g/mol. The van der Waals surface area contributed by atoms with Gasteiger partial charge in [0.15, 0.2) is 10.9 Å². The standard InChI is InChI=1S/C39H45F6N7O5S/c1-36(2,3)56-34(53)49-33-47-29-22(11-12-25(41)30(29)58-33)26-24(39(43,44)45)13-23-28(27(26)42)46-32(55-18-38(7)14-19(40)15-50(38)8)48-31(23)51-16-20-9-10-21(17-51)52(20)35(54)57-37(4,5)6/h11-13,19-21H,9-10,14-18H2,1-8H3,(H,47,49,53)/t19-,20?,21?,38-/m1/s1. The van der Waals surface area contributed by atoms with Crippen LogP contribution in [0.4, 0.5) is 46.9 Å². The highest BCUT2D eigenvalue weighted by atomic mass is 32.1. The Labute approximate surface area is 334 Å². The minimum absolute atomic E-state index is 0.0493. The van der Waals surface area contributed by atoms with E-state index in [9.17, 15) is 14.0 Å². The van der Waals surface area contributed by atoms with Gasteiger partial charge in [-0.25, -0.2) is 27.7 Å². The summed E-state index contributed by atoms with van der Waals surface area (Å²) < 4.78 is 109. The molecule has 3 fully saturated rings. The summed E-state index contributed by atoms with van der Waals surface area (Å²) in [6, 6.07) is 1.52. The molecule has 12 nitrogen and oxygen atoms in total. The van der Waals surface area contributed by atoms with Gasteiger partial charge in [0.05, 0.1) is 33.4 Å². The molecule has 2 amide bonds. The van der Waals surface area contributed by atoms with Gasteiger partial charge in [-0.05, 0) is 86.6 Å². The summed E-state index contributed by atoms with van der Waals surface area (Å²) >= 11 is 0.642. The molecule has 4 aromatic rings. The predicted molar refractivity (Wildman–Crippen MR) is 206 cm³/mol.